The Morgan fingerprint density at radius 3 is 2.41 bits per heavy atom. The summed E-state index contributed by atoms with van der Waals surface area (Å²) in [5.41, 5.74) is 4.69. The third-order valence-electron chi connectivity index (χ3n) is 5.82. The topological polar surface area (TPSA) is 83.3 Å². The largest absolute Gasteiger partial charge is 0.507 e. The number of phenols is 1. The summed E-state index contributed by atoms with van der Waals surface area (Å²) in [4.78, 5) is 9.19. The van der Waals surface area contributed by atoms with E-state index in [-0.39, 0.29) is 5.75 Å². The van der Waals surface area contributed by atoms with Crippen LogP contribution in [0, 0.1) is 0 Å². The SMILES string of the molecule is Oc1ccc(N=Nc2cccc(Cl)c2)cc1C=Nc1ccc2oc(-c3ccc4ccccc4c3)nc2c1. The number of nitrogens with zero attached hydrogens (tertiary/aromatic N) is 4. The van der Waals surface area contributed by atoms with Crippen molar-refractivity contribution in [2.45, 2.75) is 0 Å². The van der Waals surface area contributed by atoms with Crippen molar-refractivity contribution < 1.29 is 9.52 Å². The summed E-state index contributed by atoms with van der Waals surface area (Å²) in [5, 5.41) is 21.6. The molecule has 6 rings (SSSR count). The first-order chi connectivity index (χ1) is 18.1. The summed E-state index contributed by atoms with van der Waals surface area (Å²) < 4.78 is 5.99. The minimum atomic E-state index is 0.0894. The molecule has 0 bridgehead atoms. The van der Waals surface area contributed by atoms with Crippen LogP contribution in [-0.4, -0.2) is 16.3 Å². The van der Waals surface area contributed by atoms with E-state index in [2.05, 4.69) is 44.5 Å². The number of aliphatic imine (C=N–C) groups is 1. The van der Waals surface area contributed by atoms with Gasteiger partial charge in [-0.1, -0.05) is 48.0 Å². The van der Waals surface area contributed by atoms with Gasteiger partial charge in [0.2, 0.25) is 5.89 Å². The molecule has 7 heteroatoms. The smallest absolute Gasteiger partial charge is 0.227 e. The highest BCUT2D eigenvalue weighted by Crippen LogP contribution is 2.30. The summed E-state index contributed by atoms with van der Waals surface area (Å²) in [6.45, 7) is 0. The molecular weight excluding hydrogens is 484 g/mol. The third-order valence-corrected chi connectivity index (χ3v) is 6.06. The second-order valence-electron chi connectivity index (χ2n) is 8.41. The highest BCUT2D eigenvalue weighted by molar-refractivity contribution is 6.30. The van der Waals surface area contributed by atoms with Gasteiger partial charge in [-0.15, -0.1) is 0 Å². The number of benzene rings is 5. The highest BCUT2D eigenvalue weighted by Gasteiger charge is 2.10. The maximum atomic E-state index is 10.3. The Hall–Kier alpha value is -4.81. The molecule has 0 aliphatic carbocycles. The lowest BCUT2D eigenvalue weighted by molar-refractivity contribution is 0.474. The Morgan fingerprint density at radius 2 is 1.54 bits per heavy atom. The Morgan fingerprint density at radius 1 is 0.730 bits per heavy atom. The van der Waals surface area contributed by atoms with Crippen molar-refractivity contribution >= 4 is 56.7 Å². The molecule has 6 nitrogen and oxygen atoms in total. The van der Waals surface area contributed by atoms with Gasteiger partial charge in [0.15, 0.2) is 5.58 Å². The van der Waals surface area contributed by atoms with Gasteiger partial charge in [0.25, 0.3) is 0 Å². The zero-order valence-electron chi connectivity index (χ0n) is 19.4. The van der Waals surface area contributed by atoms with E-state index in [4.69, 9.17) is 16.0 Å². The molecule has 1 heterocycles. The lowest BCUT2D eigenvalue weighted by Gasteiger charge is -2.00. The Kier molecular flexibility index (Phi) is 5.92. The summed E-state index contributed by atoms with van der Waals surface area (Å²) in [5.74, 6) is 0.642. The molecule has 0 aliphatic rings. The van der Waals surface area contributed by atoms with Crippen molar-refractivity contribution in [1.82, 2.24) is 4.98 Å². The first kappa shape index (κ1) is 22.6. The van der Waals surface area contributed by atoms with Gasteiger partial charge < -0.3 is 9.52 Å². The van der Waals surface area contributed by atoms with Crippen molar-refractivity contribution in [3.63, 3.8) is 0 Å². The summed E-state index contributed by atoms with van der Waals surface area (Å²) in [6.07, 6.45) is 1.58. The maximum Gasteiger partial charge on any atom is 0.227 e. The number of hydrogen-bond donors (Lipinski definition) is 1. The Labute approximate surface area is 217 Å². The lowest BCUT2D eigenvalue weighted by Crippen LogP contribution is -1.82. The third kappa shape index (κ3) is 4.96. The molecule has 1 N–H and O–H groups in total. The molecule has 6 aromatic rings. The molecule has 0 spiro atoms. The number of fused-ring (bicyclic) bond motifs is 2. The predicted octanol–water partition coefficient (Wildman–Crippen LogP) is 9.17. The average Bonchev–Trinajstić information content (AvgIpc) is 3.35. The molecule has 0 aliphatic heterocycles. The molecule has 0 amide bonds. The van der Waals surface area contributed by atoms with Crippen LogP contribution < -0.4 is 0 Å². The van der Waals surface area contributed by atoms with Crippen LogP contribution in [0.5, 0.6) is 5.75 Å². The van der Waals surface area contributed by atoms with Gasteiger partial charge in [0.1, 0.15) is 11.3 Å². The molecular formula is C30H19ClN4O2. The number of aromatic nitrogens is 1. The van der Waals surface area contributed by atoms with E-state index < -0.39 is 0 Å². The van der Waals surface area contributed by atoms with Crippen LogP contribution in [0.1, 0.15) is 5.56 Å². The first-order valence-electron chi connectivity index (χ1n) is 11.5. The van der Waals surface area contributed by atoms with Gasteiger partial charge in [0, 0.05) is 22.4 Å². The zero-order valence-corrected chi connectivity index (χ0v) is 20.2. The van der Waals surface area contributed by atoms with Crippen molar-refractivity contribution in [1.29, 1.82) is 0 Å². The van der Waals surface area contributed by atoms with Crippen molar-refractivity contribution in [2.75, 3.05) is 0 Å². The molecule has 0 saturated heterocycles. The first-order valence-corrected chi connectivity index (χ1v) is 11.9. The molecule has 178 valence electrons. The standard InChI is InChI=1S/C30H19ClN4O2/c31-23-6-3-7-25(16-23)34-35-26-10-12-28(36)22(15-26)18-32-24-11-13-29-27(17-24)33-30(37-29)21-9-8-19-4-1-2-5-20(19)14-21/h1-18,36H. The highest BCUT2D eigenvalue weighted by atomic mass is 35.5. The number of azo groups is 1. The molecule has 0 radical (unpaired) electrons. The Balaban J connectivity index is 1.25. The van der Waals surface area contributed by atoms with E-state index in [0.29, 0.717) is 44.6 Å². The second-order valence-corrected chi connectivity index (χ2v) is 8.85. The summed E-state index contributed by atoms with van der Waals surface area (Å²) >= 11 is 6.00. The van der Waals surface area contributed by atoms with E-state index in [0.717, 1.165) is 16.3 Å². The minimum Gasteiger partial charge on any atom is -0.507 e. The van der Waals surface area contributed by atoms with Crippen molar-refractivity contribution in [3.05, 3.63) is 114 Å². The van der Waals surface area contributed by atoms with Crippen molar-refractivity contribution in [3.8, 4) is 17.2 Å². The molecule has 5 aromatic carbocycles. The van der Waals surface area contributed by atoms with Gasteiger partial charge in [-0.2, -0.15) is 10.2 Å². The van der Waals surface area contributed by atoms with Gasteiger partial charge in [-0.25, -0.2) is 4.98 Å². The van der Waals surface area contributed by atoms with Crippen LogP contribution >= 0.6 is 11.6 Å². The number of oxazole rings is 1. The Bertz CT molecular complexity index is 1820. The van der Waals surface area contributed by atoms with Gasteiger partial charge >= 0.3 is 0 Å². The fraction of sp³-hybridized carbons (Fsp3) is 0. The van der Waals surface area contributed by atoms with E-state index in [1.54, 1.807) is 36.5 Å². The summed E-state index contributed by atoms with van der Waals surface area (Å²) in [6, 6.07) is 31.9. The monoisotopic (exact) mass is 502 g/mol. The van der Waals surface area contributed by atoms with Gasteiger partial charge in [-0.05, 0) is 77.5 Å². The van der Waals surface area contributed by atoms with Crippen LogP contribution in [0.25, 0.3) is 33.3 Å². The van der Waals surface area contributed by atoms with E-state index in [1.165, 1.54) is 0 Å². The van der Waals surface area contributed by atoms with Crippen LogP contribution in [0.4, 0.5) is 17.1 Å². The van der Waals surface area contributed by atoms with E-state index in [1.807, 2.05) is 48.5 Å². The van der Waals surface area contributed by atoms with Crippen LogP contribution in [0.3, 0.4) is 0 Å². The van der Waals surface area contributed by atoms with Crippen LogP contribution in [0.2, 0.25) is 5.02 Å². The van der Waals surface area contributed by atoms with Crippen molar-refractivity contribution in [2.24, 2.45) is 15.2 Å². The summed E-state index contributed by atoms with van der Waals surface area (Å²) in [7, 11) is 0. The van der Waals surface area contributed by atoms with E-state index >= 15 is 0 Å². The van der Waals surface area contributed by atoms with Gasteiger partial charge in [0.05, 0.1) is 17.1 Å². The van der Waals surface area contributed by atoms with Crippen LogP contribution in [0.15, 0.2) is 123 Å². The molecule has 0 unspecified atom stereocenters. The van der Waals surface area contributed by atoms with Gasteiger partial charge in [-0.3, -0.25) is 4.99 Å². The minimum absolute atomic E-state index is 0.0894. The lowest BCUT2D eigenvalue weighted by atomic mass is 10.1. The van der Waals surface area contributed by atoms with Crippen LogP contribution in [-0.2, 0) is 0 Å². The maximum absolute atomic E-state index is 10.3. The second kappa shape index (κ2) is 9.68. The number of aromatic hydroxyl groups is 1. The fourth-order valence-electron chi connectivity index (χ4n) is 3.95. The number of hydrogen-bond acceptors (Lipinski definition) is 6. The predicted molar refractivity (Wildman–Crippen MR) is 148 cm³/mol. The number of phenolic OH excluding ortho intramolecular Hbond substituents is 1. The molecule has 37 heavy (non-hydrogen) atoms. The normalized spacial score (nSPS) is 11.8. The number of halogens is 1. The zero-order chi connectivity index (χ0) is 25.2. The fourth-order valence-corrected chi connectivity index (χ4v) is 4.13. The number of rotatable bonds is 5. The molecule has 1 aromatic heterocycles. The quantitative estimate of drug-likeness (QED) is 0.188. The molecule has 0 saturated carbocycles. The molecule has 0 atom stereocenters. The average molecular weight is 503 g/mol. The molecule has 0 fully saturated rings. The van der Waals surface area contributed by atoms with E-state index in [9.17, 15) is 5.11 Å².